The first-order valence-electron chi connectivity index (χ1n) is 8.99. The van der Waals surface area contributed by atoms with E-state index in [2.05, 4.69) is 27.7 Å². The molecule has 2 aliphatic rings. The highest BCUT2D eigenvalue weighted by atomic mass is 35.5. The summed E-state index contributed by atoms with van der Waals surface area (Å²) in [5.74, 6) is 0.0655. The lowest BCUT2D eigenvalue weighted by Crippen LogP contribution is -2.57. The fraction of sp³-hybridized carbons (Fsp3) is 0.238. The maximum atomic E-state index is 13.4. The fourth-order valence-electron chi connectivity index (χ4n) is 4.37. The molecule has 1 saturated heterocycles. The van der Waals surface area contributed by atoms with E-state index in [4.69, 9.17) is 11.6 Å². The summed E-state index contributed by atoms with van der Waals surface area (Å²) in [6.45, 7) is 2.24. The highest BCUT2D eigenvalue weighted by molar-refractivity contribution is 6.30. The lowest BCUT2D eigenvalue weighted by molar-refractivity contribution is -0.00122. The quantitative estimate of drug-likeness (QED) is 0.685. The number of carbonyl (C=O) groups excluding carboxylic acids is 1. The van der Waals surface area contributed by atoms with E-state index >= 15 is 0 Å². The van der Waals surface area contributed by atoms with Crippen molar-refractivity contribution in [3.05, 3.63) is 77.3 Å². The molecule has 0 N–H and O–H groups in total. The van der Waals surface area contributed by atoms with Crippen LogP contribution in [-0.2, 0) is 12.2 Å². The lowest BCUT2D eigenvalue weighted by atomic mass is 9.95. The number of carbonyl (C=O) groups is 1. The number of halogens is 1. The predicted octanol–water partition coefficient (Wildman–Crippen LogP) is 3.46. The van der Waals surface area contributed by atoms with Crippen molar-refractivity contribution in [1.82, 2.24) is 19.4 Å². The third kappa shape index (κ3) is 2.35. The first-order chi connectivity index (χ1) is 13.1. The van der Waals surface area contributed by atoms with Gasteiger partial charge in [0.15, 0.2) is 0 Å². The van der Waals surface area contributed by atoms with Gasteiger partial charge in [0.05, 0.1) is 6.54 Å². The summed E-state index contributed by atoms with van der Waals surface area (Å²) in [5.41, 5.74) is 3.36. The summed E-state index contributed by atoms with van der Waals surface area (Å²) in [6.07, 6.45) is 5.64. The molecular formula is C21H19ClN4O. The molecule has 2 aliphatic heterocycles. The van der Waals surface area contributed by atoms with Crippen molar-refractivity contribution < 1.29 is 4.79 Å². The second-order valence-electron chi connectivity index (χ2n) is 7.19. The zero-order valence-corrected chi connectivity index (χ0v) is 15.7. The van der Waals surface area contributed by atoms with Gasteiger partial charge < -0.3 is 9.47 Å². The zero-order valence-electron chi connectivity index (χ0n) is 15.0. The number of amides is 1. The molecule has 6 heteroatoms. The molecule has 27 heavy (non-hydrogen) atoms. The van der Waals surface area contributed by atoms with Gasteiger partial charge in [-0.15, -0.1) is 0 Å². The Morgan fingerprint density at radius 3 is 2.67 bits per heavy atom. The lowest BCUT2D eigenvalue weighted by Gasteiger charge is -2.46. The minimum Gasteiger partial charge on any atom is -0.339 e. The van der Waals surface area contributed by atoms with E-state index in [0.717, 1.165) is 28.9 Å². The van der Waals surface area contributed by atoms with Crippen LogP contribution in [0.15, 0.2) is 61.1 Å². The molecule has 0 bridgehead atoms. The number of rotatable bonds is 2. The molecule has 5 nitrogen and oxygen atoms in total. The molecular weight excluding hydrogens is 360 g/mol. The normalized spacial score (nSPS) is 22.0. The van der Waals surface area contributed by atoms with Crippen molar-refractivity contribution >= 4 is 17.5 Å². The number of fused-ring (bicyclic) bond motifs is 2. The molecule has 5 rings (SSSR count). The number of nitrogens with zero attached hydrogens (tertiary/aromatic N) is 4. The van der Waals surface area contributed by atoms with E-state index in [1.807, 2.05) is 53.6 Å². The van der Waals surface area contributed by atoms with Crippen LogP contribution in [0.25, 0.3) is 11.1 Å². The van der Waals surface area contributed by atoms with Crippen molar-refractivity contribution in [2.45, 2.75) is 12.2 Å². The van der Waals surface area contributed by atoms with Gasteiger partial charge in [-0.25, -0.2) is 0 Å². The highest BCUT2D eigenvalue weighted by Crippen LogP contribution is 2.43. The van der Waals surface area contributed by atoms with Crippen molar-refractivity contribution in [3.8, 4) is 11.1 Å². The summed E-state index contributed by atoms with van der Waals surface area (Å²) in [7, 11) is 2.08. The van der Waals surface area contributed by atoms with Gasteiger partial charge in [-0.1, -0.05) is 29.8 Å². The van der Waals surface area contributed by atoms with Crippen LogP contribution in [0.4, 0.5) is 0 Å². The fourth-order valence-corrected chi connectivity index (χ4v) is 4.50. The summed E-state index contributed by atoms with van der Waals surface area (Å²) >= 11 is 6.10. The van der Waals surface area contributed by atoms with Crippen LogP contribution >= 0.6 is 11.6 Å². The Morgan fingerprint density at radius 2 is 1.93 bits per heavy atom. The average Bonchev–Trinajstić information content (AvgIpc) is 3.26. The Bertz CT molecular complexity index is 1010. The SMILES string of the molecule is CN1CCN2C(=O)c3cc(-c4cccnc4)cn3CC12c1ccc(Cl)cc1. The summed E-state index contributed by atoms with van der Waals surface area (Å²) in [4.78, 5) is 21.8. The Balaban J connectivity index is 1.65. The maximum Gasteiger partial charge on any atom is 0.272 e. The Hall–Kier alpha value is -2.63. The molecule has 2 aromatic heterocycles. The number of pyridine rings is 1. The van der Waals surface area contributed by atoms with Gasteiger partial charge in [-0.3, -0.25) is 14.7 Å². The topological polar surface area (TPSA) is 41.4 Å². The summed E-state index contributed by atoms with van der Waals surface area (Å²) in [6, 6.07) is 13.8. The molecule has 4 heterocycles. The first-order valence-corrected chi connectivity index (χ1v) is 9.37. The van der Waals surface area contributed by atoms with Gasteiger partial charge in [0, 0.05) is 47.8 Å². The number of hydrogen-bond acceptors (Lipinski definition) is 3. The van der Waals surface area contributed by atoms with Crippen LogP contribution in [0.3, 0.4) is 0 Å². The second kappa shape index (κ2) is 5.94. The van der Waals surface area contributed by atoms with Crippen molar-refractivity contribution in [3.63, 3.8) is 0 Å². The van der Waals surface area contributed by atoms with Gasteiger partial charge >= 0.3 is 0 Å². The second-order valence-corrected chi connectivity index (χ2v) is 7.62. The van der Waals surface area contributed by atoms with Crippen LogP contribution in [0, 0.1) is 0 Å². The minimum atomic E-state index is -0.486. The van der Waals surface area contributed by atoms with Crippen LogP contribution in [0.1, 0.15) is 16.1 Å². The molecule has 0 aliphatic carbocycles. The van der Waals surface area contributed by atoms with Crippen LogP contribution in [-0.4, -0.2) is 45.4 Å². The highest BCUT2D eigenvalue weighted by Gasteiger charge is 2.52. The smallest absolute Gasteiger partial charge is 0.272 e. The third-order valence-electron chi connectivity index (χ3n) is 5.79. The predicted molar refractivity (Wildman–Crippen MR) is 104 cm³/mol. The van der Waals surface area contributed by atoms with Crippen molar-refractivity contribution in [2.75, 3.05) is 20.1 Å². The van der Waals surface area contributed by atoms with E-state index in [9.17, 15) is 4.79 Å². The molecule has 136 valence electrons. The van der Waals surface area contributed by atoms with Gasteiger partial charge in [0.2, 0.25) is 0 Å². The standard InChI is InChI=1S/C21H19ClN4O/c1-24-9-10-26-20(27)19-11-16(15-3-2-8-23-12-15)13-25(19)14-21(24,26)17-4-6-18(22)7-5-17/h2-8,11-13H,9-10,14H2,1H3. The van der Waals surface area contributed by atoms with E-state index < -0.39 is 5.66 Å². The van der Waals surface area contributed by atoms with Crippen LogP contribution in [0.2, 0.25) is 5.02 Å². The minimum absolute atomic E-state index is 0.0655. The number of likely N-dealkylation sites (N-methyl/N-ethyl adjacent to an activating group) is 1. The van der Waals surface area contributed by atoms with Crippen molar-refractivity contribution in [2.24, 2.45) is 0 Å². The Kier molecular flexibility index (Phi) is 3.64. The maximum absolute atomic E-state index is 13.4. The van der Waals surface area contributed by atoms with E-state index in [-0.39, 0.29) is 5.91 Å². The largest absolute Gasteiger partial charge is 0.339 e. The number of benzene rings is 1. The van der Waals surface area contributed by atoms with E-state index in [1.54, 1.807) is 6.20 Å². The van der Waals surface area contributed by atoms with Gasteiger partial charge in [0.1, 0.15) is 11.4 Å². The van der Waals surface area contributed by atoms with Gasteiger partial charge in [-0.05, 0) is 36.9 Å². The molecule has 0 saturated carbocycles. The van der Waals surface area contributed by atoms with E-state index in [1.165, 1.54) is 0 Å². The number of aromatic nitrogens is 2. The molecule has 1 amide bonds. The molecule has 1 atom stereocenters. The van der Waals surface area contributed by atoms with Gasteiger partial charge in [0.25, 0.3) is 5.91 Å². The zero-order chi connectivity index (χ0) is 18.6. The van der Waals surface area contributed by atoms with Crippen LogP contribution < -0.4 is 0 Å². The Labute approximate surface area is 162 Å². The molecule has 0 radical (unpaired) electrons. The van der Waals surface area contributed by atoms with E-state index in [0.29, 0.717) is 18.1 Å². The third-order valence-corrected chi connectivity index (χ3v) is 6.04. The van der Waals surface area contributed by atoms with Gasteiger partial charge in [-0.2, -0.15) is 0 Å². The molecule has 1 unspecified atom stereocenters. The monoisotopic (exact) mass is 378 g/mol. The average molecular weight is 379 g/mol. The first kappa shape index (κ1) is 16.5. The summed E-state index contributed by atoms with van der Waals surface area (Å²) in [5, 5.41) is 0.699. The molecule has 3 aromatic rings. The Morgan fingerprint density at radius 1 is 1.11 bits per heavy atom. The summed E-state index contributed by atoms with van der Waals surface area (Å²) < 4.78 is 2.08. The molecule has 1 fully saturated rings. The molecule has 0 spiro atoms. The molecule has 1 aromatic carbocycles. The van der Waals surface area contributed by atoms with Crippen molar-refractivity contribution in [1.29, 1.82) is 0 Å². The van der Waals surface area contributed by atoms with Crippen LogP contribution in [0.5, 0.6) is 0 Å². The number of hydrogen-bond donors (Lipinski definition) is 0.